The molecular weight excluding hydrogens is 308 g/mol. The minimum absolute atomic E-state index is 0.0151. The second-order valence-electron chi connectivity index (χ2n) is 8.07. The third-order valence-electron chi connectivity index (χ3n) is 5.54. The third-order valence-corrected chi connectivity index (χ3v) is 7.72. The predicted octanol–water partition coefficient (Wildman–Crippen LogP) is 5.66. The average molecular weight is 341 g/mol. The summed E-state index contributed by atoms with van der Waals surface area (Å²) in [6.45, 7) is 16.0. The van der Waals surface area contributed by atoms with Crippen LogP contribution in [-0.4, -0.2) is 13.2 Å². The van der Waals surface area contributed by atoms with Crippen LogP contribution in [0.2, 0.25) is 19.6 Å². The summed E-state index contributed by atoms with van der Waals surface area (Å²) < 4.78 is 0. The third kappa shape index (κ3) is 3.30. The van der Waals surface area contributed by atoms with E-state index in [-0.39, 0.29) is 5.41 Å². The number of benzene rings is 2. The second-order valence-corrected chi connectivity index (χ2v) is 13.1. The Kier molecular flexibility index (Phi) is 5.29. The number of phenolic OH excluding ortho intramolecular Hbond substituents is 1. The van der Waals surface area contributed by atoms with E-state index in [1.165, 1.54) is 16.7 Å². The van der Waals surface area contributed by atoms with Gasteiger partial charge in [0.25, 0.3) is 0 Å². The lowest BCUT2D eigenvalue weighted by molar-refractivity contribution is 0.461. The molecule has 2 aromatic carbocycles. The Hall–Kier alpha value is -1.54. The van der Waals surface area contributed by atoms with Crippen molar-refractivity contribution in [3.8, 4) is 5.75 Å². The summed E-state index contributed by atoms with van der Waals surface area (Å²) in [6, 6.07) is 13.2. The number of rotatable bonds is 5. The van der Waals surface area contributed by atoms with Crippen LogP contribution in [0.4, 0.5) is 0 Å². The van der Waals surface area contributed by atoms with Crippen LogP contribution in [0.3, 0.4) is 0 Å². The maximum absolute atomic E-state index is 9.90. The lowest BCUT2D eigenvalue weighted by Gasteiger charge is -2.35. The first-order valence-corrected chi connectivity index (χ1v) is 12.6. The molecule has 1 N–H and O–H groups in total. The van der Waals surface area contributed by atoms with Crippen LogP contribution < -0.4 is 5.19 Å². The molecule has 0 saturated heterocycles. The second kappa shape index (κ2) is 6.76. The molecule has 0 aliphatic carbocycles. The zero-order chi connectivity index (χ0) is 18.1. The van der Waals surface area contributed by atoms with Gasteiger partial charge in [-0.25, -0.2) is 0 Å². The maximum Gasteiger partial charge on any atom is 0.118 e. The number of phenols is 1. The first kappa shape index (κ1) is 18.8. The van der Waals surface area contributed by atoms with Crippen LogP contribution in [0, 0.1) is 13.8 Å². The summed E-state index contributed by atoms with van der Waals surface area (Å²) in [4.78, 5) is 0. The molecule has 0 heterocycles. The Balaban J connectivity index is 2.62. The van der Waals surface area contributed by atoms with E-state index < -0.39 is 8.07 Å². The molecule has 0 radical (unpaired) electrons. The van der Waals surface area contributed by atoms with Gasteiger partial charge in [0.05, 0.1) is 8.07 Å². The van der Waals surface area contributed by atoms with Gasteiger partial charge in [-0.05, 0) is 49.4 Å². The molecule has 0 bridgehead atoms. The smallest absolute Gasteiger partial charge is 0.118 e. The van der Waals surface area contributed by atoms with Gasteiger partial charge in [0.15, 0.2) is 0 Å². The monoisotopic (exact) mass is 340 g/mol. The highest BCUT2D eigenvalue weighted by Crippen LogP contribution is 2.40. The molecule has 24 heavy (non-hydrogen) atoms. The van der Waals surface area contributed by atoms with E-state index in [9.17, 15) is 5.11 Å². The molecule has 2 aromatic rings. The fourth-order valence-corrected chi connectivity index (χ4v) is 5.83. The Morgan fingerprint density at radius 1 is 0.833 bits per heavy atom. The molecule has 0 fully saturated rings. The Bertz CT molecular complexity index is 721. The standard InChI is InChI=1S/C22H32OSi/c1-8-22(9-2,18-10-12-20(23)16(3)14-18)19-11-13-21(17(4)15-19)24(5,6)7/h10-15,23H,8-9H2,1-7H3. The van der Waals surface area contributed by atoms with Gasteiger partial charge in [-0.15, -0.1) is 0 Å². The number of aryl methyl sites for hydroxylation is 2. The van der Waals surface area contributed by atoms with E-state index in [4.69, 9.17) is 0 Å². The molecule has 0 amide bonds. The Labute approximate surface area is 148 Å². The van der Waals surface area contributed by atoms with E-state index in [1.54, 1.807) is 5.19 Å². The van der Waals surface area contributed by atoms with Gasteiger partial charge in [-0.1, -0.05) is 74.6 Å². The molecule has 2 rings (SSSR count). The first-order valence-electron chi connectivity index (χ1n) is 9.07. The SMILES string of the molecule is CCC(CC)(c1ccc(O)c(C)c1)c1ccc([Si](C)(C)C)c(C)c1. The largest absolute Gasteiger partial charge is 0.508 e. The van der Waals surface area contributed by atoms with Crippen molar-refractivity contribution in [1.82, 2.24) is 0 Å². The van der Waals surface area contributed by atoms with Gasteiger partial charge in [-0.3, -0.25) is 0 Å². The number of hydrogen-bond donors (Lipinski definition) is 1. The molecule has 0 spiro atoms. The molecule has 2 heteroatoms. The maximum atomic E-state index is 9.90. The average Bonchev–Trinajstić information content (AvgIpc) is 2.51. The lowest BCUT2D eigenvalue weighted by atomic mass is 9.70. The minimum Gasteiger partial charge on any atom is -0.508 e. The molecule has 0 unspecified atom stereocenters. The van der Waals surface area contributed by atoms with Crippen LogP contribution in [0.15, 0.2) is 36.4 Å². The van der Waals surface area contributed by atoms with Gasteiger partial charge >= 0.3 is 0 Å². The van der Waals surface area contributed by atoms with Crippen LogP contribution >= 0.6 is 0 Å². The molecule has 0 aromatic heterocycles. The normalized spacial score (nSPS) is 12.5. The van der Waals surface area contributed by atoms with Crippen molar-refractivity contribution in [3.05, 3.63) is 58.7 Å². The quantitative estimate of drug-likeness (QED) is 0.696. The highest BCUT2D eigenvalue weighted by atomic mass is 28.3. The Morgan fingerprint density at radius 3 is 1.75 bits per heavy atom. The summed E-state index contributed by atoms with van der Waals surface area (Å²) in [5, 5.41) is 11.5. The highest BCUT2D eigenvalue weighted by molar-refractivity contribution is 6.89. The summed E-state index contributed by atoms with van der Waals surface area (Å²) in [5.74, 6) is 0.380. The van der Waals surface area contributed by atoms with Crippen molar-refractivity contribution in [3.63, 3.8) is 0 Å². The van der Waals surface area contributed by atoms with Crippen molar-refractivity contribution in [2.24, 2.45) is 0 Å². The van der Waals surface area contributed by atoms with Crippen molar-refractivity contribution in [2.75, 3.05) is 0 Å². The molecule has 0 aliphatic heterocycles. The molecule has 0 aliphatic rings. The van der Waals surface area contributed by atoms with E-state index in [0.717, 1.165) is 18.4 Å². The fraction of sp³-hybridized carbons (Fsp3) is 0.455. The minimum atomic E-state index is -1.31. The van der Waals surface area contributed by atoms with E-state index >= 15 is 0 Å². The van der Waals surface area contributed by atoms with Gasteiger partial charge in [0.2, 0.25) is 0 Å². The lowest BCUT2D eigenvalue weighted by Crippen LogP contribution is -2.40. The van der Waals surface area contributed by atoms with E-state index in [2.05, 4.69) is 70.7 Å². The first-order chi connectivity index (χ1) is 11.2. The molecule has 1 nitrogen and oxygen atoms in total. The van der Waals surface area contributed by atoms with Gasteiger partial charge < -0.3 is 5.11 Å². The fourth-order valence-electron chi connectivity index (χ4n) is 3.99. The zero-order valence-electron chi connectivity index (χ0n) is 16.3. The molecular formula is C22H32OSi. The number of hydrogen-bond acceptors (Lipinski definition) is 1. The van der Waals surface area contributed by atoms with E-state index in [1.807, 2.05) is 13.0 Å². The van der Waals surface area contributed by atoms with Crippen molar-refractivity contribution in [1.29, 1.82) is 0 Å². The molecule has 130 valence electrons. The summed E-state index contributed by atoms with van der Waals surface area (Å²) in [7, 11) is -1.31. The zero-order valence-corrected chi connectivity index (χ0v) is 17.3. The van der Waals surface area contributed by atoms with E-state index in [0.29, 0.717) is 5.75 Å². The topological polar surface area (TPSA) is 20.2 Å². The van der Waals surface area contributed by atoms with Crippen LogP contribution in [0.25, 0.3) is 0 Å². The molecule has 0 atom stereocenters. The van der Waals surface area contributed by atoms with Gasteiger partial charge in [0.1, 0.15) is 5.75 Å². The van der Waals surface area contributed by atoms with Crippen molar-refractivity contribution >= 4 is 13.3 Å². The highest BCUT2D eigenvalue weighted by Gasteiger charge is 2.32. The van der Waals surface area contributed by atoms with Crippen molar-refractivity contribution < 1.29 is 5.11 Å². The predicted molar refractivity (Wildman–Crippen MR) is 108 cm³/mol. The van der Waals surface area contributed by atoms with Gasteiger partial charge in [0, 0.05) is 5.41 Å². The van der Waals surface area contributed by atoms with Crippen LogP contribution in [0.5, 0.6) is 5.75 Å². The van der Waals surface area contributed by atoms with Crippen LogP contribution in [-0.2, 0) is 5.41 Å². The van der Waals surface area contributed by atoms with Crippen LogP contribution in [0.1, 0.15) is 48.9 Å². The van der Waals surface area contributed by atoms with Crippen molar-refractivity contribution in [2.45, 2.75) is 65.6 Å². The summed E-state index contributed by atoms with van der Waals surface area (Å²) in [6.07, 6.45) is 2.11. The van der Waals surface area contributed by atoms with Gasteiger partial charge in [-0.2, -0.15) is 0 Å². The Morgan fingerprint density at radius 2 is 1.33 bits per heavy atom. The molecule has 0 saturated carbocycles. The number of aromatic hydroxyl groups is 1. The summed E-state index contributed by atoms with van der Waals surface area (Å²) in [5.41, 5.74) is 5.10. The summed E-state index contributed by atoms with van der Waals surface area (Å²) >= 11 is 0.